The van der Waals surface area contributed by atoms with E-state index in [0.717, 1.165) is 11.3 Å². The third-order valence-corrected chi connectivity index (χ3v) is 3.55. The fourth-order valence-electron chi connectivity index (χ4n) is 2.31. The number of nitrogens with zero attached hydrogens (tertiary/aromatic N) is 3. The SMILES string of the molecule is Cc1cnc(-c2cccc(NC(=O)NC[C@H](O)c3cnn(C)c3)c2)o1. The van der Waals surface area contributed by atoms with Crippen molar-refractivity contribution >= 4 is 11.7 Å². The number of aromatic nitrogens is 3. The van der Waals surface area contributed by atoms with Crippen LogP contribution in [-0.4, -0.2) is 32.4 Å². The molecule has 25 heavy (non-hydrogen) atoms. The summed E-state index contributed by atoms with van der Waals surface area (Å²) in [6.45, 7) is 1.90. The molecule has 1 aromatic carbocycles. The minimum Gasteiger partial charge on any atom is -0.441 e. The third-order valence-electron chi connectivity index (χ3n) is 3.55. The normalized spacial score (nSPS) is 12.0. The summed E-state index contributed by atoms with van der Waals surface area (Å²) >= 11 is 0. The number of aliphatic hydroxyl groups is 1. The van der Waals surface area contributed by atoms with E-state index in [4.69, 9.17) is 4.42 Å². The van der Waals surface area contributed by atoms with Crippen molar-refractivity contribution in [3.05, 3.63) is 54.2 Å². The van der Waals surface area contributed by atoms with Crippen molar-refractivity contribution in [2.45, 2.75) is 13.0 Å². The number of aliphatic hydroxyl groups excluding tert-OH is 1. The van der Waals surface area contributed by atoms with Gasteiger partial charge in [-0.25, -0.2) is 9.78 Å². The molecule has 0 unspecified atom stereocenters. The lowest BCUT2D eigenvalue weighted by atomic mass is 10.2. The summed E-state index contributed by atoms with van der Waals surface area (Å²) in [5, 5.41) is 19.4. The zero-order valence-electron chi connectivity index (χ0n) is 13.9. The van der Waals surface area contributed by atoms with Crippen LogP contribution in [0.2, 0.25) is 0 Å². The van der Waals surface area contributed by atoms with E-state index in [2.05, 4.69) is 20.7 Å². The van der Waals surface area contributed by atoms with Gasteiger partial charge in [-0.15, -0.1) is 0 Å². The summed E-state index contributed by atoms with van der Waals surface area (Å²) in [6, 6.07) is 6.76. The van der Waals surface area contributed by atoms with E-state index < -0.39 is 12.1 Å². The molecular formula is C17H19N5O3. The number of urea groups is 1. The van der Waals surface area contributed by atoms with Gasteiger partial charge in [0.25, 0.3) is 0 Å². The first-order chi connectivity index (χ1) is 12.0. The van der Waals surface area contributed by atoms with Gasteiger partial charge in [0.1, 0.15) is 5.76 Å². The highest BCUT2D eigenvalue weighted by Crippen LogP contribution is 2.22. The summed E-state index contributed by atoms with van der Waals surface area (Å²) in [7, 11) is 1.76. The van der Waals surface area contributed by atoms with Crippen molar-refractivity contribution < 1.29 is 14.3 Å². The second-order valence-electron chi connectivity index (χ2n) is 5.66. The molecule has 0 aliphatic rings. The van der Waals surface area contributed by atoms with Crippen LogP contribution in [0, 0.1) is 6.92 Å². The van der Waals surface area contributed by atoms with Gasteiger partial charge >= 0.3 is 6.03 Å². The number of oxazole rings is 1. The molecule has 130 valence electrons. The van der Waals surface area contributed by atoms with Crippen molar-refractivity contribution in [1.29, 1.82) is 0 Å². The van der Waals surface area contributed by atoms with Gasteiger partial charge in [0.05, 0.1) is 18.5 Å². The molecule has 0 bridgehead atoms. The molecule has 0 saturated carbocycles. The zero-order chi connectivity index (χ0) is 17.8. The molecule has 0 aliphatic heterocycles. The summed E-state index contributed by atoms with van der Waals surface area (Å²) in [4.78, 5) is 16.2. The lowest BCUT2D eigenvalue weighted by molar-refractivity contribution is 0.175. The zero-order valence-corrected chi connectivity index (χ0v) is 13.9. The Hall–Kier alpha value is -3.13. The lowest BCUT2D eigenvalue weighted by Crippen LogP contribution is -2.32. The predicted octanol–water partition coefficient (Wildman–Crippen LogP) is 2.24. The number of benzene rings is 1. The van der Waals surface area contributed by atoms with E-state index in [1.807, 2.05) is 13.0 Å². The molecule has 8 heteroatoms. The van der Waals surface area contributed by atoms with Crippen LogP contribution < -0.4 is 10.6 Å². The maximum atomic E-state index is 12.0. The maximum Gasteiger partial charge on any atom is 0.319 e. The van der Waals surface area contributed by atoms with Gasteiger partial charge in [-0.2, -0.15) is 5.10 Å². The highest BCUT2D eigenvalue weighted by Gasteiger charge is 2.12. The van der Waals surface area contributed by atoms with Gasteiger partial charge < -0.3 is 20.2 Å². The fourth-order valence-corrected chi connectivity index (χ4v) is 2.31. The minimum absolute atomic E-state index is 0.0795. The smallest absolute Gasteiger partial charge is 0.319 e. The molecule has 2 amide bonds. The van der Waals surface area contributed by atoms with Gasteiger partial charge in [0.15, 0.2) is 0 Å². The summed E-state index contributed by atoms with van der Waals surface area (Å²) in [5.41, 5.74) is 2.01. The number of hydrogen-bond donors (Lipinski definition) is 3. The Bertz CT molecular complexity index is 871. The molecule has 3 rings (SSSR count). The first-order valence-corrected chi connectivity index (χ1v) is 7.75. The summed E-state index contributed by atoms with van der Waals surface area (Å²) < 4.78 is 7.07. The quantitative estimate of drug-likeness (QED) is 0.660. The summed E-state index contributed by atoms with van der Waals surface area (Å²) in [5.74, 6) is 1.21. The molecule has 0 radical (unpaired) electrons. The van der Waals surface area contributed by atoms with Crippen LogP contribution in [0.5, 0.6) is 0 Å². The Morgan fingerprint density at radius 1 is 1.40 bits per heavy atom. The van der Waals surface area contributed by atoms with E-state index in [1.165, 1.54) is 0 Å². The van der Waals surface area contributed by atoms with Crippen molar-refractivity contribution in [2.24, 2.45) is 7.05 Å². The van der Waals surface area contributed by atoms with Crippen LogP contribution >= 0.6 is 0 Å². The molecule has 2 heterocycles. The molecule has 0 fully saturated rings. The lowest BCUT2D eigenvalue weighted by Gasteiger charge is -2.11. The van der Waals surface area contributed by atoms with E-state index >= 15 is 0 Å². The van der Waals surface area contributed by atoms with Crippen LogP contribution in [-0.2, 0) is 7.05 Å². The average Bonchev–Trinajstić information content (AvgIpc) is 3.21. The number of rotatable bonds is 5. The van der Waals surface area contributed by atoms with Gasteiger partial charge in [-0.05, 0) is 25.1 Å². The second kappa shape index (κ2) is 7.18. The number of carbonyl (C=O) groups excluding carboxylic acids is 1. The van der Waals surface area contributed by atoms with Gasteiger partial charge in [-0.1, -0.05) is 6.07 Å². The number of anilines is 1. The average molecular weight is 341 g/mol. The van der Waals surface area contributed by atoms with Crippen molar-refractivity contribution in [3.8, 4) is 11.5 Å². The van der Waals surface area contributed by atoms with Crippen LogP contribution in [0.15, 0.2) is 47.3 Å². The first-order valence-electron chi connectivity index (χ1n) is 7.75. The fraction of sp³-hybridized carbons (Fsp3) is 0.235. The molecule has 1 atom stereocenters. The van der Waals surface area contributed by atoms with Crippen molar-refractivity contribution in [1.82, 2.24) is 20.1 Å². The van der Waals surface area contributed by atoms with Gasteiger partial charge in [-0.3, -0.25) is 4.68 Å². The Morgan fingerprint density at radius 2 is 2.24 bits per heavy atom. The van der Waals surface area contributed by atoms with Crippen LogP contribution in [0.25, 0.3) is 11.5 Å². The Morgan fingerprint density at radius 3 is 2.92 bits per heavy atom. The largest absolute Gasteiger partial charge is 0.441 e. The van der Waals surface area contributed by atoms with E-state index in [9.17, 15) is 9.90 Å². The number of hydrogen-bond acceptors (Lipinski definition) is 5. The molecular weight excluding hydrogens is 322 g/mol. The topological polar surface area (TPSA) is 105 Å². The van der Waals surface area contributed by atoms with E-state index in [-0.39, 0.29) is 6.54 Å². The number of carbonyl (C=O) groups is 1. The summed E-state index contributed by atoms with van der Waals surface area (Å²) in [6.07, 6.45) is 4.08. The molecule has 3 N–H and O–H groups in total. The van der Waals surface area contributed by atoms with Crippen LogP contribution in [0.3, 0.4) is 0 Å². The molecule has 2 aromatic heterocycles. The van der Waals surface area contributed by atoms with E-state index in [1.54, 1.807) is 48.5 Å². The van der Waals surface area contributed by atoms with E-state index in [0.29, 0.717) is 17.1 Å². The predicted molar refractivity (Wildman–Crippen MR) is 91.9 cm³/mol. The van der Waals surface area contributed by atoms with Crippen LogP contribution in [0.4, 0.5) is 10.5 Å². The standard InChI is InChI=1S/C17H19N5O3/c1-11-7-18-16(25-11)12-4-3-5-14(6-12)21-17(24)19-9-15(23)13-8-20-22(2)10-13/h3-8,10,15,23H,9H2,1-2H3,(H2,19,21,24)/t15-/m0/s1. The number of aryl methyl sites for hydroxylation is 2. The Balaban J connectivity index is 1.57. The van der Waals surface area contributed by atoms with Gasteiger partial charge in [0, 0.05) is 36.6 Å². The molecule has 0 aliphatic carbocycles. The van der Waals surface area contributed by atoms with Crippen molar-refractivity contribution in [2.75, 3.05) is 11.9 Å². The second-order valence-corrected chi connectivity index (χ2v) is 5.66. The monoisotopic (exact) mass is 341 g/mol. The van der Waals surface area contributed by atoms with Gasteiger partial charge in [0.2, 0.25) is 5.89 Å². The Kier molecular flexibility index (Phi) is 4.80. The molecule has 0 saturated heterocycles. The number of amides is 2. The molecule has 3 aromatic rings. The molecule has 0 spiro atoms. The third kappa shape index (κ3) is 4.24. The van der Waals surface area contributed by atoms with Crippen molar-refractivity contribution in [3.63, 3.8) is 0 Å². The highest BCUT2D eigenvalue weighted by molar-refractivity contribution is 5.89. The Labute approximate surface area is 144 Å². The molecule has 8 nitrogen and oxygen atoms in total. The highest BCUT2D eigenvalue weighted by atomic mass is 16.4. The first kappa shape index (κ1) is 16.7. The van der Waals surface area contributed by atoms with Crippen LogP contribution in [0.1, 0.15) is 17.4 Å². The minimum atomic E-state index is -0.818. The maximum absolute atomic E-state index is 12.0. The number of nitrogens with one attached hydrogen (secondary N) is 2.